The van der Waals surface area contributed by atoms with Gasteiger partial charge in [-0.2, -0.15) is 0 Å². The lowest BCUT2D eigenvalue weighted by atomic mass is 9.98. The molecule has 1 fully saturated rings. The van der Waals surface area contributed by atoms with Crippen molar-refractivity contribution in [3.63, 3.8) is 0 Å². The number of nitrogens with zero attached hydrogens (tertiary/aromatic N) is 1. The van der Waals surface area contributed by atoms with E-state index in [1.807, 2.05) is 0 Å². The SMILES string of the molecule is O=C1NCCC[C@@H]1C(=O)Nc1ccncc1. The third kappa shape index (κ3) is 2.36. The van der Waals surface area contributed by atoms with Crippen molar-refractivity contribution in [2.45, 2.75) is 12.8 Å². The maximum atomic E-state index is 11.8. The average Bonchev–Trinajstić information content (AvgIpc) is 2.31. The molecule has 0 unspecified atom stereocenters. The summed E-state index contributed by atoms with van der Waals surface area (Å²) >= 11 is 0. The summed E-state index contributed by atoms with van der Waals surface area (Å²) in [6, 6.07) is 3.39. The van der Waals surface area contributed by atoms with Gasteiger partial charge >= 0.3 is 0 Å². The topological polar surface area (TPSA) is 71.1 Å². The largest absolute Gasteiger partial charge is 0.355 e. The van der Waals surface area contributed by atoms with E-state index in [0.717, 1.165) is 6.42 Å². The predicted molar refractivity (Wildman–Crippen MR) is 58.6 cm³/mol. The van der Waals surface area contributed by atoms with Crippen LogP contribution in [0.1, 0.15) is 12.8 Å². The molecule has 0 aromatic carbocycles. The molecular formula is C11H13N3O2. The molecule has 1 aliphatic heterocycles. The number of pyridine rings is 1. The Bertz CT molecular complexity index is 391. The van der Waals surface area contributed by atoms with Gasteiger partial charge < -0.3 is 10.6 Å². The first-order valence-corrected chi connectivity index (χ1v) is 5.26. The molecule has 0 aliphatic carbocycles. The molecule has 5 nitrogen and oxygen atoms in total. The fourth-order valence-electron chi connectivity index (χ4n) is 1.69. The quantitative estimate of drug-likeness (QED) is 0.713. The zero-order valence-electron chi connectivity index (χ0n) is 8.77. The molecule has 2 heterocycles. The van der Waals surface area contributed by atoms with Crippen molar-refractivity contribution >= 4 is 17.5 Å². The molecule has 0 spiro atoms. The number of carbonyl (C=O) groups is 2. The van der Waals surface area contributed by atoms with Crippen LogP contribution in [0.2, 0.25) is 0 Å². The number of carbonyl (C=O) groups excluding carboxylic acids is 2. The molecule has 2 amide bonds. The van der Waals surface area contributed by atoms with E-state index in [4.69, 9.17) is 0 Å². The van der Waals surface area contributed by atoms with Crippen LogP contribution < -0.4 is 10.6 Å². The molecule has 0 saturated carbocycles. The highest BCUT2D eigenvalue weighted by Gasteiger charge is 2.28. The van der Waals surface area contributed by atoms with Crippen molar-refractivity contribution in [3.8, 4) is 0 Å². The van der Waals surface area contributed by atoms with Crippen LogP contribution in [0.15, 0.2) is 24.5 Å². The van der Waals surface area contributed by atoms with Crippen LogP contribution in [-0.2, 0) is 9.59 Å². The second-order valence-electron chi connectivity index (χ2n) is 3.71. The van der Waals surface area contributed by atoms with Gasteiger partial charge in [-0.1, -0.05) is 0 Å². The summed E-state index contributed by atoms with van der Waals surface area (Å²) in [5, 5.41) is 5.39. The summed E-state index contributed by atoms with van der Waals surface area (Å²) in [4.78, 5) is 27.1. The third-order valence-corrected chi connectivity index (χ3v) is 2.55. The lowest BCUT2D eigenvalue weighted by molar-refractivity contribution is -0.134. The molecule has 1 atom stereocenters. The Kier molecular flexibility index (Phi) is 3.14. The van der Waals surface area contributed by atoms with Crippen LogP contribution in [0.4, 0.5) is 5.69 Å². The van der Waals surface area contributed by atoms with E-state index < -0.39 is 5.92 Å². The molecule has 0 radical (unpaired) electrons. The second-order valence-corrected chi connectivity index (χ2v) is 3.71. The zero-order chi connectivity index (χ0) is 11.4. The third-order valence-electron chi connectivity index (χ3n) is 2.55. The summed E-state index contributed by atoms with van der Waals surface area (Å²) in [6.07, 6.45) is 4.65. The molecule has 5 heteroatoms. The summed E-state index contributed by atoms with van der Waals surface area (Å²) in [6.45, 7) is 0.665. The number of nitrogens with one attached hydrogen (secondary N) is 2. The Morgan fingerprint density at radius 1 is 1.44 bits per heavy atom. The van der Waals surface area contributed by atoms with E-state index in [2.05, 4.69) is 15.6 Å². The van der Waals surface area contributed by atoms with Gasteiger partial charge in [0.25, 0.3) is 0 Å². The minimum absolute atomic E-state index is 0.183. The summed E-state index contributed by atoms with van der Waals surface area (Å²) in [5.41, 5.74) is 0.665. The van der Waals surface area contributed by atoms with Crippen molar-refractivity contribution in [3.05, 3.63) is 24.5 Å². The number of hydrogen-bond donors (Lipinski definition) is 2. The number of amides is 2. The maximum Gasteiger partial charge on any atom is 0.236 e. The molecule has 1 aromatic rings. The van der Waals surface area contributed by atoms with Gasteiger partial charge in [0.1, 0.15) is 5.92 Å². The fraction of sp³-hybridized carbons (Fsp3) is 0.364. The van der Waals surface area contributed by atoms with Crippen LogP contribution in [0, 0.1) is 5.92 Å². The van der Waals surface area contributed by atoms with Gasteiger partial charge in [0.05, 0.1) is 0 Å². The number of piperidine rings is 1. The van der Waals surface area contributed by atoms with Crippen LogP contribution in [0.5, 0.6) is 0 Å². The van der Waals surface area contributed by atoms with Gasteiger partial charge in [-0.25, -0.2) is 0 Å². The predicted octanol–water partition coefficient (Wildman–Crippen LogP) is 0.546. The van der Waals surface area contributed by atoms with E-state index in [1.165, 1.54) is 0 Å². The highest BCUT2D eigenvalue weighted by Crippen LogP contribution is 2.14. The summed E-state index contributed by atoms with van der Waals surface area (Å²) in [7, 11) is 0. The summed E-state index contributed by atoms with van der Waals surface area (Å²) in [5.74, 6) is -0.997. The monoisotopic (exact) mass is 219 g/mol. The summed E-state index contributed by atoms with van der Waals surface area (Å²) < 4.78 is 0. The smallest absolute Gasteiger partial charge is 0.236 e. The van der Waals surface area contributed by atoms with E-state index in [-0.39, 0.29) is 11.8 Å². The minimum atomic E-state index is -0.568. The normalized spacial score (nSPS) is 20.0. The molecule has 2 rings (SSSR count). The molecule has 1 aromatic heterocycles. The van der Waals surface area contributed by atoms with Gasteiger partial charge in [0.15, 0.2) is 0 Å². The van der Waals surface area contributed by atoms with E-state index in [0.29, 0.717) is 18.7 Å². The van der Waals surface area contributed by atoms with E-state index >= 15 is 0 Å². The first-order valence-electron chi connectivity index (χ1n) is 5.26. The first kappa shape index (κ1) is 10.6. The molecule has 0 bridgehead atoms. The maximum absolute atomic E-state index is 11.8. The number of anilines is 1. The van der Waals surface area contributed by atoms with Crippen LogP contribution >= 0.6 is 0 Å². The van der Waals surface area contributed by atoms with Gasteiger partial charge in [0.2, 0.25) is 11.8 Å². The van der Waals surface area contributed by atoms with Crippen molar-refractivity contribution in [2.24, 2.45) is 5.92 Å². The molecule has 2 N–H and O–H groups in total. The molecular weight excluding hydrogens is 206 g/mol. The van der Waals surface area contributed by atoms with Gasteiger partial charge in [-0.3, -0.25) is 14.6 Å². The van der Waals surface area contributed by atoms with Crippen molar-refractivity contribution in [1.82, 2.24) is 10.3 Å². The van der Waals surface area contributed by atoms with Gasteiger partial charge in [-0.15, -0.1) is 0 Å². The van der Waals surface area contributed by atoms with Crippen LogP contribution in [0.3, 0.4) is 0 Å². The van der Waals surface area contributed by atoms with Crippen molar-refractivity contribution < 1.29 is 9.59 Å². The van der Waals surface area contributed by atoms with Crippen LogP contribution in [-0.4, -0.2) is 23.3 Å². The highest BCUT2D eigenvalue weighted by molar-refractivity contribution is 6.06. The minimum Gasteiger partial charge on any atom is -0.355 e. The number of rotatable bonds is 2. The lowest BCUT2D eigenvalue weighted by Crippen LogP contribution is -2.42. The Hall–Kier alpha value is -1.91. The fourth-order valence-corrected chi connectivity index (χ4v) is 1.69. The Labute approximate surface area is 93.3 Å². The number of aromatic nitrogens is 1. The number of hydrogen-bond acceptors (Lipinski definition) is 3. The zero-order valence-corrected chi connectivity index (χ0v) is 8.77. The van der Waals surface area contributed by atoms with Crippen LogP contribution in [0.25, 0.3) is 0 Å². The van der Waals surface area contributed by atoms with E-state index in [1.54, 1.807) is 24.5 Å². The molecule has 1 saturated heterocycles. The molecule has 84 valence electrons. The molecule has 16 heavy (non-hydrogen) atoms. The van der Waals surface area contributed by atoms with Crippen molar-refractivity contribution in [2.75, 3.05) is 11.9 Å². The Morgan fingerprint density at radius 3 is 2.88 bits per heavy atom. The average molecular weight is 219 g/mol. The standard InChI is InChI=1S/C11H13N3O2/c15-10-9(2-1-5-13-10)11(16)14-8-3-6-12-7-4-8/h3-4,6-7,9H,1-2,5H2,(H,13,15)(H,12,14,16)/t9-/m0/s1. The Morgan fingerprint density at radius 2 is 2.19 bits per heavy atom. The second kappa shape index (κ2) is 4.74. The molecule has 1 aliphatic rings. The lowest BCUT2D eigenvalue weighted by Gasteiger charge is -2.20. The van der Waals surface area contributed by atoms with E-state index in [9.17, 15) is 9.59 Å². The van der Waals surface area contributed by atoms with Gasteiger partial charge in [0, 0.05) is 24.6 Å². The first-order chi connectivity index (χ1) is 7.77. The van der Waals surface area contributed by atoms with Gasteiger partial charge in [-0.05, 0) is 25.0 Å². The van der Waals surface area contributed by atoms with Crippen molar-refractivity contribution in [1.29, 1.82) is 0 Å². The Balaban J connectivity index is 2.00. The highest BCUT2D eigenvalue weighted by atomic mass is 16.2.